The number of aromatic nitrogens is 2. The Morgan fingerprint density at radius 2 is 1.77 bits per heavy atom. The SMILES string of the molecule is CCC(=O)N=C1[C@H](C)C[C@@]2(C)OC/C(=N/OCc3coc(-c4cccc(NC(=O)[C@@H](N)CC(C)C)n4)n3)CO[C@@H]([C@H]1C)[C@](C)(O)[C@@H](CC)OC(=O)[C@@](C)(F)C(=O)[C@H](C)[C@H]2O[C@@H]1O[C@H](C)C[C@H](N(C)C)[C@H]1O. The van der Waals surface area contributed by atoms with E-state index in [4.69, 9.17) is 38.7 Å². The molecule has 21 heteroatoms. The third kappa shape index (κ3) is 13.7. The van der Waals surface area contributed by atoms with Crippen LogP contribution in [0.3, 0.4) is 0 Å². The Bertz CT molecular complexity index is 2240. The molecule has 2 bridgehead atoms. The highest BCUT2D eigenvalue weighted by Crippen LogP contribution is 2.41. The molecule has 0 aliphatic carbocycles. The Morgan fingerprint density at radius 1 is 1.07 bits per heavy atom. The lowest BCUT2D eigenvalue weighted by Crippen LogP contribution is -2.61. The fraction of sp³-hybridized carbons (Fsp3) is 0.720. The van der Waals surface area contributed by atoms with Crippen molar-refractivity contribution in [1.82, 2.24) is 14.9 Å². The van der Waals surface area contributed by atoms with Gasteiger partial charge in [0.2, 0.25) is 17.7 Å². The van der Waals surface area contributed by atoms with Gasteiger partial charge in [-0.05, 0) is 91.4 Å². The van der Waals surface area contributed by atoms with Crippen molar-refractivity contribution in [2.45, 2.75) is 181 Å². The van der Waals surface area contributed by atoms with Gasteiger partial charge in [0.05, 0.1) is 43.2 Å². The van der Waals surface area contributed by atoms with Crippen molar-refractivity contribution in [2.75, 3.05) is 32.6 Å². The first-order valence-corrected chi connectivity index (χ1v) is 24.6. The van der Waals surface area contributed by atoms with E-state index in [1.165, 1.54) is 20.1 Å². The smallest absolute Gasteiger partial charge is 0.351 e. The first-order valence-electron chi connectivity index (χ1n) is 24.6. The first-order chi connectivity index (χ1) is 33.2. The number of nitrogens with zero attached hydrogens (tertiary/aromatic N) is 5. The number of fused-ring (bicyclic) bond motifs is 5. The van der Waals surface area contributed by atoms with Crippen LogP contribution in [0.1, 0.15) is 114 Å². The van der Waals surface area contributed by atoms with Crippen LogP contribution in [0.5, 0.6) is 0 Å². The molecule has 3 aliphatic rings. The predicted molar refractivity (Wildman–Crippen MR) is 260 cm³/mol. The van der Waals surface area contributed by atoms with Crippen LogP contribution in [0.25, 0.3) is 11.6 Å². The van der Waals surface area contributed by atoms with E-state index in [0.29, 0.717) is 29.9 Å². The number of Topliss-reactive ketones (excluding diaryl/α,β-unsaturated/α-hetero) is 1. The summed E-state index contributed by atoms with van der Waals surface area (Å²) < 4.78 is 54.8. The van der Waals surface area contributed by atoms with E-state index in [0.717, 1.165) is 6.92 Å². The molecule has 2 amide bonds. The first kappa shape index (κ1) is 57.3. The highest BCUT2D eigenvalue weighted by Gasteiger charge is 2.57. The van der Waals surface area contributed by atoms with Gasteiger partial charge in [0.15, 0.2) is 18.7 Å². The van der Waals surface area contributed by atoms with E-state index >= 15 is 4.39 Å². The molecule has 0 unspecified atom stereocenters. The van der Waals surface area contributed by atoms with Gasteiger partial charge in [-0.3, -0.25) is 14.4 Å². The molecule has 5 N–H and O–H groups in total. The number of ketones is 1. The summed E-state index contributed by atoms with van der Waals surface area (Å²) in [6.07, 6.45) is -4.94. The predicted octanol–water partition coefficient (Wildman–Crippen LogP) is 4.97. The average molecular weight is 1000 g/mol. The van der Waals surface area contributed by atoms with Crippen molar-refractivity contribution in [2.24, 2.45) is 39.6 Å². The molecule has 0 spiro atoms. The fourth-order valence-electron chi connectivity index (χ4n) is 9.79. The molecule has 0 radical (unpaired) electrons. The van der Waals surface area contributed by atoms with Gasteiger partial charge in [0, 0.05) is 30.0 Å². The second-order valence-corrected chi connectivity index (χ2v) is 20.5. The Labute approximate surface area is 416 Å². The zero-order valence-corrected chi connectivity index (χ0v) is 43.5. The zero-order chi connectivity index (χ0) is 52.7. The molecule has 20 nitrogen and oxygen atoms in total. The summed E-state index contributed by atoms with van der Waals surface area (Å²) in [4.78, 5) is 75.7. The number of carbonyl (C=O) groups excluding carboxylic acids is 4. The summed E-state index contributed by atoms with van der Waals surface area (Å²) in [7, 11) is 3.61. The number of hydrogen-bond acceptors (Lipinski definition) is 18. The number of halogens is 1. The van der Waals surface area contributed by atoms with Crippen molar-refractivity contribution < 1.29 is 66.7 Å². The summed E-state index contributed by atoms with van der Waals surface area (Å²) in [6, 6.07) is 3.80. The maximum absolute atomic E-state index is 17.0. The van der Waals surface area contributed by atoms with E-state index in [9.17, 15) is 29.4 Å². The van der Waals surface area contributed by atoms with Gasteiger partial charge in [-0.2, -0.15) is 0 Å². The average Bonchev–Trinajstić information content (AvgIpc) is 3.78. The second kappa shape index (κ2) is 24.0. The molecule has 71 heavy (non-hydrogen) atoms. The molecule has 5 heterocycles. The largest absolute Gasteiger partial charge is 0.457 e. The molecular formula is C50H76FN7O13. The van der Waals surface area contributed by atoms with Gasteiger partial charge in [0.25, 0.3) is 5.67 Å². The van der Waals surface area contributed by atoms with Crippen LogP contribution in [-0.4, -0.2) is 153 Å². The van der Waals surface area contributed by atoms with Gasteiger partial charge in [-0.1, -0.05) is 59.7 Å². The third-order valence-corrected chi connectivity index (χ3v) is 13.7. The molecule has 5 rings (SSSR count). The molecule has 0 saturated carbocycles. The number of amides is 2. The third-order valence-electron chi connectivity index (χ3n) is 13.7. The van der Waals surface area contributed by atoms with Crippen LogP contribution in [0, 0.1) is 23.7 Å². The number of nitrogens with two attached hydrogens (primary N) is 1. The number of aliphatic hydroxyl groups excluding tert-OH is 1. The fourth-order valence-corrected chi connectivity index (χ4v) is 9.79. The molecule has 0 aromatic carbocycles. The van der Waals surface area contributed by atoms with Crippen molar-refractivity contribution >= 4 is 40.8 Å². The van der Waals surface area contributed by atoms with Crippen LogP contribution in [0.2, 0.25) is 0 Å². The number of aliphatic hydroxyl groups is 2. The molecule has 3 aliphatic heterocycles. The number of aliphatic imine (C=N–C) groups is 1. The van der Waals surface area contributed by atoms with Crippen LogP contribution in [0.4, 0.5) is 10.2 Å². The van der Waals surface area contributed by atoms with E-state index in [1.807, 2.05) is 25.7 Å². The number of likely N-dealkylation sites (N-methyl/N-ethyl adjacent to an activating group) is 1. The minimum atomic E-state index is -3.26. The number of oxime groups is 1. The van der Waals surface area contributed by atoms with Crippen molar-refractivity contribution in [1.29, 1.82) is 0 Å². The molecule has 3 fully saturated rings. The highest BCUT2D eigenvalue weighted by molar-refractivity contribution is 6.08. The normalized spacial score (nSPS) is 35.1. The van der Waals surface area contributed by atoms with Gasteiger partial charge in [-0.15, -0.1) is 0 Å². The topological polar surface area (TPSA) is 269 Å². The number of alkyl halides is 1. The molecule has 396 valence electrons. The van der Waals surface area contributed by atoms with Crippen LogP contribution in [-0.2, 0) is 54.3 Å². The van der Waals surface area contributed by atoms with Crippen molar-refractivity contribution in [3.8, 4) is 11.6 Å². The van der Waals surface area contributed by atoms with Gasteiger partial charge >= 0.3 is 5.97 Å². The highest BCUT2D eigenvalue weighted by atomic mass is 19.1. The minimum absolute atomic E-state index is 0.0377. The Morgan fingerprint density at radius 3 is 2.42 bits per heavy atom. The number of ether oxygens (including phenoxy) is 5. The number of anilines is 1. The van der Waals surface area contributed by atoms with E-state index in [2.05, 4.69) is 25.4 Å². The lowest BCUT2D eigenvalue weighted by atomic mass is 9.73. The lowest BCUT2D eigenvalue weighted by Gasteiger charge is -2.47. The quantitative estimate of drug-likeness (QED) is 0.117. The zero-order valence-electron chi connectivity index (χ0n) is 43.5. The van der Waals surface area contributed by atoms with E-state index in [1.54, 1.807) is 66.9 Å². The van der Waals surface area contributed by atoms with Gasteiger partial charge in [0.1, 0.15) is 47.0 Å². The van der Waals surface area contributed by atoms with E-state index < -0.39 is 101 Å². The number of esters is 1. The van der Waals surface area contributed by atoms with Crippen molar-refractivity contribution in [3.63, 3.8) is 0 Å². The Kier molecular flexibility index (Phi) is 19.3. The number of nitrogens with one attached hydrogen (secondary N) is 1. The number of cyclic esters (lactones) is 1. The van der Waals surface area contributed by atoms with Crippen LogP contribution in [0.15, 0.2) is 39.0 Å². The summed E-state index contributed by atoms with van der Waals surface area (Å²) in [5.74, 6) is -6.00. The lowest BCUT2D eigenvalue weighted by molar-refractivity contribution is -0.296. The van der Waals surface area contributed by atoms with Crippen LogP contribution < -0.4 is 11.1 Å². The molecule has 3 saturated heterocycles. The maximum atomic E-state index is 17.0. The van der Waals surface area contributed by atoms with Gasteiger partial charge in [-0.25, -0.2) is 24.1 Å². The summed E-state index contributed by atoms with van der Waals surface area (Å²) in [6.45, 7) is 16.9. The number of oxazole rings is 1. The standard InChI is InChI=1S/C50H76FN7O13/c1-14-36-50(11,64)43-29(7)39(56-38(59)15-2)27(5)21-48(9,42(30(8)41(61)49(10,51)47(63)70-36)71-46-40(60)35(58(12)13)20-28(6)69-46)67-24-32(23-65-43)57-68-25-31-22-66-45(53-31)34-17-16-18-37(54-34)55-44(62)33(52)19-26(3)4/h16-18,22,26-30,33,35-36,40,42-43,46,60,64H,14-15,19-21,23-25,52H2,1-13H3,(H,54,55,62)/b56-39?,57-32+/t27-,28-,29+,30+,33+,35+,36-,40-,42-,43+,46+,48-,49+,50-/m1/s1. The molecule has 14 atom stereocenters. The number of pyridine rings is 1. The number of hydrogen-bond donors (Lipinski definition) is 4. The second-order valence-electron chi connectivity index (χ2n) is 20.5. The van der Waals surface area contributed by atoms with Crippen LogP contribution >= 0.6 is 0 Å². The summed E-state index contributed by atoms with van der Waals surface area (Å²) in [5, 5.41) is 31.4. The maximum Gasteiger partial charge on any atom is 0.351 e. The molecule has 2 aromatic rings. The Balaban J connectivity index is 1.59. The molecule has 2 aromatic heterocycles. The number of rotatable bonds is 13. The summed E-state index contributed by atoms with van der Waals surface area (Å²) in [5.41, 5.74) is 0.144. The molecular weight excluding hydrogens is 926 g/mol. The van der Waals surface area contributed by atoms with Gasteiger partial charge < -0.3 is 59.1 Å². The monoisotopic (exact) mass is 1000 g/mol. The number of carbonyl (C=O) groups is 4. The van der Waals surface area contributed by atoms with E-state index in [-0.39, 0.29) is 68.3 Å². The Hall–Kier alpha value is -4.61. The van der Waals surface area contributed by atoms with Crippen molar-refractivity contribution in [3.05, 3.63) is 30.2 Å². The summed E-state index contributed by atoms with van der Waals surface area (Å²) >= 11 is 0. The minimum Gasteiger partial charge on any atom is -0.457 e.